The maximum Gasteiger partial charge on any atom is 0.256 e. The van der Waals surface area contributed by atoms with Gasteiger partial charge in [0.05, 0.1) is 6.26 Å². The van der Waals surface area contributed by atoms with Crippen LogP contribution in [-0.2, 0) is 9.53 Å². The van der Waals surface area contributed by atoms with Gasteiger partial charge in [0.1, 0.15) is 0 Å². The number of hydrogen-bond acceptors (Lipinski definition) is 2. The van der Waals surface area contributed by atoms with E-state index in [1.807, 2.05) is 29.5 Å². The van der Waals surface area contributed by atoms with Crippen molar-refractivity contribution in [2.75, 3.05) is 0 Å². The second kappa shape index (κ2) is 3.87. The number of halogens is 1. The highest BCUT2D eigenvalue weighted by atomic mass is 127. The van der Waals surface area contributed by atoms with Crippen molar-refractivity contribution in [2.24, 2.45) is 0 Å². The molecule has 0 aliphatic heterocycles. The van der Waals surface area contributed by atoms with Gasteiger partial charge >= 0.3 is 0 Å². The molecular weight excluding hydrogens is 231 g/mol. The standard InChI is InChI=1S/C6H8IO2/c1-3-4-9-6(2,7)5-8/h3-4H,1-2H3/b4-3+. The summed E-state index contributed by atoms with van der Waals surface area (Å²) in [5.74, 6) is 0. The molecule has 0 bridgehead atoms. The van der Waals surface area contributed by atoms with Crippen LogP contribution < -0.4 is 0 Å². The van der Waals surface area contributed by atoms with Crippen LogP contribution in [0.4, 0.5) is 0 Å². The zero-order chi connectivity index (χ0) is 7.33. The molecule has 1 unspecified atom stereocenters. The van der Waals surface area contributed by atoms with E-state index in [0.717, 1.165) is 0 Å². The minimum atomic E-state index is -0.829. The van der Waals surface area contributed by atoms with E-state index in [9.17, 15) is 4.79 Å². The van der Waals surface area contributed by atoms with Gasteiger partial charge in [-0.3, -0.25) is 4.79 Å². The number of alkyl halides is 1. The monoisotopic (exact) mass is 239 g/mol. The van der Waals surface area contributed by atoms with Crippen molar-refractivity contribution in [3.05, 3.63) is 12.3 Å². The highest BCUT2D eigenvalue weighted by molar-refractivity contribution is 14.1. The van der Waals surface area contributed by atoms with Crippen molar-refractivity contribution in [2.45, 2.75) is 17.5 Å². The predicted octanol–water partition coefficient (Wildman–Crippen LogP) is 1.80. The van der Waals surface area contributed by atoms with Crippen molar-refractivity contribution in [3.63, 3.8) is 0 Å². The Labute approximate surface area is 68.4 Å². The van der Waals surface area contributed by atoms with Crippen LogP contribution in [0.25, 0.3) is 0 Å². The van der Waals surface area contributed by atoms with E-state index in [1.165, 1.54) is 6.26 Å². The maximum absolute atomic E-state index is 10.0. The first kappa shape index (κ1) is 8.94. The van der Waals surface area contributed by atoms with Crippen LogP contribution in [0.1, 0.15) is 13.8 Å². The summed E-state index contributed by atoms with van der Waals surface area (Å²) in [4.78, 5) is 10.0. The molecule has 0 rings (SSSR count). The Kier molecular flexibility index (Phi) is 3.84. The van der Waals surface area contributed by atoms with Crippen LogP contribution in [-0.4, -0.2) is 9.89 Å². The van der Waals surface area contributed by atoms with Gasteiger partial charge in [-0.1, -0.05) is 6.08 Å². The Morgan fingerprint density at radius 2 is 2.33 bits per heavy atom. The Balaban J connectivity index is 3.71. The quantitative estimate of drug-likeness (QED) is 0.426. The van der Waals surface area contributed by atoms with Gasteiger partial charge in [-0.2, -0.15) is 0 Å². The molecule has 0 aromatic heterocycles. The molecule has 51 valence electrons. The van der Waals surface area contributed by atoms with Crippen molar-refractivity contribution in [1.82, 2.24) is 0 Å². The van der Waals surface area contributed by atoms with Gasteiger partial charge in [-0.15, -0.1) is 0 Å². The lowest BCUT2D eigenvalue weighted by Crippen LogP contribution is -2.18. The topological polar surface area (TPSA) is 26.3 Å². The minimum Gasteiger partial charge on any atom is -0.477 e. The lowest BCUT2D eigenvalue weighted by molar-refractivity contribution is 0.199. The van der Waals surface area contributed by atoms with Gasteiger partial charge in [-0.05, 0) is 36.4 Å². The molecule has 0 N–H and O–H groups in total. The molecule has 0 aromatic rings. The first-order chi connectivity index (χ1) is 4.12. The predicted molar refractivity (Wildman–Crippen MR) is 44.0 cm³/mol. The highest BCUT2D eigenvalue weighted by Crippen LogP contribution is 2.16. The van der Waals surface area contributed by atoms with Crippen LogP contribution in [0.5, 0.6) is 0 Å². The minimum absolute atomic E-state index is 0.829. The average Bonchev–Trinajstić information content (AvgIpc) is 1.84. The molecule has 1 atom stereocenters. The molecule has 0 aromatic carbocycles. The van der Waals surface area contributed by atoms with Crippen molar-refractivity contribution in [3.8, 4) is 0 Å². The van der Waals surface area contributed by atoms with E-state index in [2.05, 4.69) is 0 Å². The summed E-state index contributed by atoms with van der Waals surface area (Å²) < 4.78 is 4.08. The van der Waals surface area contributed by atoms with Gasteiger partial charge in [0.15, 0.2) is 0 Å². The highest BCUT2D eigenvalue weighted by Gasteiger charge is 2.19. The number of carbonyl (C=O) groups excluding carboxylic acids is 1. The second-order valence-corrected chi connectivity index (χ2v) is 3.66. The summed E-state index contributed by atoms with van der Waals surface area (Å²) in [6.07, 6.45) is 4.93. The van der Waals surface area contributed by atoms with Crippen LogP contribution in [0, 0.1) is 0 Å². The average molecular weight is 239 g/mol. The van der Waals surface area contributed by atoms with E-state index in [4.69, 9.17) is 4.74 Å². The zero-order valence-electron chi connectivity index (χ0n) is 5.35. The first-order valence-corrected chi connectivity index (χ1v) is 3.57. The molecule has 0 aliphatic rings. The smallest absolute Gasteiger partial charge is 0.256 e. The molecule has 0 spiro atoms. The van der Waals surface area contributed by atoms with Crippen molar-refractivity contribution in [1.29, 1.82) is 0 Å². The van der Waals surface area contributed by atoms with E-state index >= 15 is 0 Å². The summed E-state index contributed by atoms with van der Waals surface area (Å²) >= 11 is 1.87. The van der Waals surface area contributed by atoms with Gasteiger partial charge in [0.25, 0.3) is 6.29 Å². The lowest BCUT2D eigenvalue weighted by Gasteiger charge is -2.11. The van der Waals surface area contributed by atoms with Crippen molar-refractivity contribution >= 4 is 28.9 Å². The molecule has 1 radical (unpaired) electrons. The summed E-state index contributed by atoms with van der Waals surface area (Å²) in [7, 11) is 0. The van der Waals surface area contributed by atoms with E-state index in [0.29, 0.717) is 0 Å². The van der Waals surface area contributed by atoms with Crippen LogP contribution in [0.3, 0.4) is 0 Å². The summed E-state index contributed by atoms with van der Waals surface area (Å²) in [5.41, 5.74) is 0. The van der Waals surface area contributed by atoms with Gasteiger partial charge in [0.2, 0.25) is 3.61 Å². The Morgan fingerprint density at radius 1 is 1.78 bits per heavy atom. The number of allylic oxidation sites excluding steroid dienone is 1. The molecule has 0 aliphatic carbocycles. The SMILES string of the molecule is C/C=C/OC(C)(I)[C]=O. The fourth-order valence-electron chi connectivity index (χ4n) is 0.220. The summed E-state index contributed by atoms with van der Waals surface area (Å²) in [6.45, 7) is 3.46. The third-order valence-corrected chi connectivity index (χ3v) is 1.08. The van der Waals surface area contributed by atoms with Gasteiger partial charge in [-0.25, -0.2) is 0 Å². The van der Waals surface area contributed by atoms with Gasteiger partial charge < -0.3 is 4.74 Å². The largest absolute Gasteiger partial charge is 0.477 e. The Bertz CT molecular complexity index is 118. The van der Waals surface area contributed by atoms with Gasteiger partial charge in [0, 0.05) is 0 Å². The Hall–Kier alpha value is -0.0600. The molecule has 0 saturated heterocycles. The molecule has 0 fully saturated rings. The molecule has 0 heterocycles. The van der Waals surface area contributed by atoms with E-state index in [-0.39, 0.29) is 0 Å². The summed E-state index contributed by atoms with van der Waals surface area (Å²) in [6, 6.07) is 0. The van der Waals surface area contributed by atoms with Crippen LogP contribution in [0.15, 0.2) is 12.3 Å². The third kappa shape index (κ3) is 4.44. The molecule has 2 nitrogen and oxygen atoms in total. The number of hydrogen-bond donors (Lipinski definition) is 0. The normalized spacial score (nSPS) is 17.2. The molecule has 0 saturated carbocycles. The van der Waals surface area contributed by atoms with E-state index in [1.54, 1.807) is 19.3 Å². The second-order valence-electron chi connectivity index (χ2n) is 1.61. The van der Waals surface area contributed by atoms with Crippen molar-refractivity contribution < 1.29 is 9.53 Å². The third-order valence-electron chi connectivity index (χ3n) is 0.608. The zero-order valence-corrected chi connectivity index (χ0v) is 7.51. The first-order valence-electron chi connectivity index (χ1n) is 2.49. The number of ether oxygens (including phenoxy) is 1. The number of rotatable bonds is 3. The molecule has 3 heteroatoms. The fourth-order valence-corrected chi connectivity index (χ4v) is 0.367. The Morgan fingerprint density at radius 3 is 2.67 bits per heavy atom. The summed E-state index contributed by atoms with van der Waals surface area (Å²) in [5, 5.41) is 0. The molecule has 0 amide bonds. The lowest BCUT2D eigenvalue weighted by atomic mass is 10.5. The van der Waals surface area contributed by atoms with Crippen LogP contribution in [0.2, 0.25) is 0 Å². The fraction of sp³-hybridized carbons (Fsp3) is 0.500. The molecule has 9 heavy (non-hydrogen) atoms. The maximum atomic E-state index is 10.0. The van der Waals surface area contributed by atoms with Crippen LogP contribution >= 0.6 is 22.6 Å². The molecular formula is C6H8IO2. The van der Waals surface area contributed by atoms with E-state index < -0.39 is 3.61 Å².